The molecule has 2 aliphatic rings. The zero-order valence-electron chi connectivity index (χ0n) is 19.2. The number of aryl methyl sites for hydroxylation is 1. The van der Waals surface area contributed by atoms with Crippen LogP contribution in [-0.2, 0) is 20.7 Å². The Hall–Kier alpha value is -2.21. The number of benzene rings is 1. The zero-order chi connectivity index (χ0) is 22.5. The largest absolute Gasteiger partial charge is 0.508 e. The Morgan fingerprint density at radius 3 is 2.45 bits per heavy atom. The van der Waals surface area contributed by atoms with Crippen molar-refractivity contribution >= 4 is 5.97 Å². The van der Waals surface area contributed by atoms with Crippen molar-refractivity contribution in [3.05, 3.63) is 35.5 Å². The van der Waals surface area contributed by atoms with E-state index in [1.165, 1.54) is 11.8 Å². The normalized spacial score (nSPS) is 23.3. The Kier molecular flexibility index (Phi) is 7.52. The van der Waals surface area contributed by atoms with Gasteiger partial charge in [-0.3, -0.25) is 4.79 Å². The van der Waals surface area contributed by atoms with Crippen molar-refractivity contribution in [3.8, 4) is 11.5 Å². The third-order valence-corrected chi connectivity index (χ3v) is 6.96. The fourth-order valence-corrected chi connectivity index (χ4v) is 4.79. The highest BCUT2D eigenvalue weighted by Gasteiger charge is 2.40. The number of phenolic OH excluding ortho intramolecular Hbond substituents is 2. The standard InChI is InChI=1S/C25H37NO5/c1-4-25(9-6-7-19-15-21(27)17-22(28)16-19)18-20(8-14-31-25)26-12-10-24(3,11-13-26)23(29)30-5-2/h8,15-17,27-28H,4-7,9-14,18H2,1-3H3. The molecule has 172 valence electrons. The molecule has 1 atom stereocenters. The van der Waals surface area contributed by atoms with Gasteiger partial charge in [0.15, 0.2) is 0 Å². The summed E-state index contributed by atoms with van der Waals surface area (Å²) in [5.74, 6) is 0.120. The van der Waals surface area contributed by atoms with E-state index in [9.17, 15) is 15.0 Å². The van der Waals surface area contributed by atoms with E-state index in [4.69, 9.17) is 9.47 Å². The van der Waals surface area contributed by atoms with Crippen LogP contribution in [0.3, 0.4) is 0 Å². The third kappa shape index (κ3) is 5.73. The van der Waals surface area contributed by atoms with Crippen molar-refractivity contribution in [3.63, 3.8) is 0 Å². The van der Waals surface area contributed by atoms with Gasteiger partial charge in [-0.2, -0.15) is 0 Å². The van der Waals surface area contributed by atoms with Gasteiger partial charge in [-0.05, 0) is 76.1 Å². The van der Waals surface area contributed by atoms with Crippen LogP contribution in [0.2, 0.25) is 0 Å². The van der Waals surface area contributed by atoms with E-state index in [0.29, 0.717) is 13.2 Å². The van der Waals surface area contributed by atoms with Gasteiger partial charge in [0.25, 0.3) is 0 Å². The van der Waals surface area contributed by atoms with Crippen LogP contribution in [0.4, 0.5) is 0 Å². The number of hydrogen-bond donors (Lipinski definition) is 2. The molecule has 2 aliphatic heterocycles. The minimum atomic E-state index is -0.382. The summed E-state index contributed by atoms with van der Waals surface area (Å²) in [6.45, 7) is 8.83. The van der Waals surface area contributed by atoms with Crippen LogP contribution in [-0.4, -0.2) is 53.0 Å². The molecule has 1 unspecified atom stereocenters. The molecule has 6 heteroatoms. The van der Waals surface area contributed by atoms with Crippen LogP contribution in [0.25, 0.3) is 0 Å². The predicted octanol–water partition coefficient (Wildman–Crippen LogP) is 4.54. The molecule has 0 spiro atoms. The lowest BCUT2D eigenvalue weighted by Gasteiger charge is -2.44. The highest BCUT2D eigenvalue weighted by Crippen LogP contribution is 2.39. The molecular formula is C25H37NO5. The molecule has 1 aromatic carbocycles. The van der Waals surface area contributed by atoms with Crippen LogP contribution in [0.5, 0.6) is 11.5 Å². The Balaban J connectivity index is 1.56. The number of likely N-dealkylation sites (tertiary alicyclic amines) is 1. The quantitative estimate of drug-likeness (QED) is 0.589. The first kappa shape index (κ1) is 23.5. The Morgan fingerprint density at radius 2 is 1.84 bits per heavy atom. The number of hydrogen-bond acceptors (Lipinski definition) is 6. The van der Waals surface area contributed by atoms with E-state index >= 15 is 0 Å². The lowest BCUT2D eigenvalue weighted by molar-refractivity contribution is -0.157. The Labute approximate surface area is 185 Å². The summed E-state index contributed by atoms with van der Waals surface area (Å²) in [5, 5.41) is 19.4. The summed E-state index contributed by atoms with van der Waals surface area (Å²) in [6.07, 6.45) is 8.25. The second-order valence-corrected chi connectivity index (χ2v) is 9.20. The Bertz CT molecular complexity index is 777. The number of aromatic hydroxyl groups is 2. The van der Waals surface area contributed by atoms with Gasteiger partial charge in [0, 0.05) is 31.3 Å². The number of piperidine rings is 1. The van der Waals surface area contributed by atoms with Gasteiger partial charge >= 0.3 is 5.97 Å². The van der Waals surface area contributed by atoms with Crippen molar-refractivity contribution in [1.29, 1.82) is 0 Å². The topological polar surface area (TPSA) is 79.2 Å². The fraction of sp³-hybridized carbons (Fsp3) is 0.640. The molecule has 0 radical (unpaired) electrons. The van der Waals surface area contributed by atoms with Crippen LogP contribution in [0, 0.1) is 5.41 Å². The Morgan fingerprint density at radius 1 is 1.16 bits per heavy atom. The van der Waals surface area contributed by atoms with Gasteiger partial charge < -0.3 is 24.6 Å². The van der Waals surface area contributed by atoms with Gasteiger partial charge in [-0.15, -0.1) is 0 Å². The summed E-state index contributed by atoms with van der Waals surface area (Å²) < 4.78 is 11.5. The van der Waals surface area contributed by atoms with Gasteiger partial charge in [0.1, 0.15) is 11.5 Å². The molecule has 0 saturated carbocycles. The number of carbonyl (C=O) groups excluding carboxylic acids is 1. The molecule has 1 saturated heterocycles. The van der Waals surface area contributed by atoms with Gasteiger partial charge in [-0.1, -0.05) is 6.92 Å². The first-order chi connectivity index (χ1) is 14.8. The molecule has 1 fully saturated rings. The van der Waals surface area contributed by atoms with Crippen LogP contribution >= 0.6 is 0 Å². The van der Waals surface area contributed by atoms with E-state index in [0.717, 1.165) is 63.6 Å². The highest BCUT2D eigenvalue weighted by atomic mass is 16.5. The lowest BCUT2D eigenvalue weighted by atomic mass is 9.79. The third-order valence-electron chi connectivity index (χ3n) is 6.96. The van der Waals surface area contributed by atoms with Gasteiger partial charge in [0.2, 0.25) is 0 Å². The fourth-order valence-electron chi connectivity index (χ4n) is 4.79. The summed E-state index contributed by atoms with van der Waals surface area (Å²) in [4.78, 5) is 14.7. The molecule has 31 heavy (non-hydrogen) atoms. The van der Waals surface area contributed by atoms with Gasteiger partial charge in [-0.25, -0.2) is 0 Å². The average molecular weight is 432 g/mol. The maximum absolute atomic E-state index is 12.3. The van der Waals surface area contributed by atoms with Crippen molar-refractivity contribution in [2.45, 2.75) is 71.3 Å². The van der Waals surface area contributed by atoms with Crippen LogP contribution < -0.4 is 0 Å². The molecule has 2 heterocycles. The molecule has 3 rings (SSSR count). The number of carbonyl (C=O) groups is 1. The molecule has 0 aliphatic carbocycles. The molecular weight excluding hydrogens is 394 g/mol. The first-order valence-electron chi connectivity index (χ1n) is 11.6. The molecule has 6 nitrogen and oxygen atoms in total. The van der Waals surface area contributed by atoms with E-state index in [1.807, 2.05) is 13.8 Å². The van der Waals surface area contributed by atoms with E-state index in [2.05, 4.69) is 17.9 Å². The summed E-state index contributed by atoms with van der Waals surface area (Å²) in [5.41, 5.74) is 1.69. The van der Waals surface area contributed by atoms with Crippen molar-refractivity contribution in [2.24, 2.45) is 5.41 Å². The second kappa shape index (κ2) is 9.94. The monoisotopic (exact) mass is 431 g/mol. The first-order valence-corrected chi connectivity index (χ1v) is 11.6. The predicted molar refractivity (Wildman–Crippen MR) is 120 cm³/mol. The SMILES string of the molecule is CCOC(=O)C1(C)CCN(C2=CCOC(CC)(CCCc3cc(O)cc(O)c3)C2)CC1. The van der Waals surface area contributed by atoms with Gasteiger partial charge in [0.05, 0.1) is 24.2 Å². The highest BCUT2D eigenvalue weighted by molar-refractivity contribution is 5.76. The molecule has 2 N–H and O–H groups in total. The minimum Gasteiger partial charge on any atom is -0.508 e. The van der Waals surface area contributed by atoms with E-state index < -0.39 is 0 Å². The maximum Gasteiger partial charge on any atom is 0.311 e. The average Bonchev–Trinajstić information content (AvgIpc) is 2.74. The number of esters is 1. The smallest absolute Gasteiger partial charge is 0.311 e. The summed E-state index contributed by atoms with van der Waals surface area (Å²) in [6, 6.07) is 4.77. The number of ether oxygens (including phenoxy) is 2. The summed E-state index contributed by atoms with van der Waals surface area (Å²) >= 11 is 0. The molecule has 0 aromatic heterocycles. The molecule has 1 aromatic rings. The van der Waals surface area contributed by atoms with Crippen molar-refractivity contribution in [1.82, 2.24) is 4.90 Å². The van der Waals surface area contributed by atoms with E-state index in [1.54, 1.807) is 12.1 Å². The zero-order valence-corrected chi connectivity index (χ0v) is 19.2. The maximum atomic E-state index is 12.3. The van der Waals surface area contributed by atoms with Crippen LogP contribution in [0.15, 0.2) is 30.0 Å². The lowest BCUT2D eigenvalue weighted by Crippen LogP contribution is -2.46. The number of rotatable bonds is 8. The second-order valence-electron chi connectivity index (χ2n) is 9.20. The minimum absolute atomic E-state index is 0.0727. The van der Waals surface area contributed by atoms with Crippen molar-refractivity contribution < 1.29 is 24.5 Å². The molecule has 0 amide bonds. The molecule has 0 bridgehead atoms. The summed E-state index contributed by atoms with van der Waals surface area (Å²) in [7, 11) is 0. The van der Waals surface area contributed by atoms with Crippen LogP contribution in [0.1, 0.15) is 64.9 Å². The number of phenols is 2. The number of nitrogens with zero attached hydrogens (tertiary/aromatic N) is 1. The van der Waals surface area contributed by atoms with E-state index in [-0.39, 0.29) is 28.5 Å². The van der Waals surface area contributed by atoms with Crippen molar-refractivity contribution in [2.75, 3.05) is 26.3 Å².